The van der Waals surface area contributed by atoms with E-state index >= 15 is 0 Å². The van der Waals surface area contributed by atoms with Crippen molar-refractivity contribution >= 4 is 15.2 Å². The van der Waals surface area contributed by atoms with Crippen molar-refractivity contribution in [2.45, 2.75) is 93.4 Å². The van der Waals surface area contributed by atoms with Gasteiger partial charge in [0.05, 0.1) is 44.2 Å². The fourth-order valence-electron chi connectivity index (χ4n) is 8.07. The molecular formula is C47H62O6P2. The summed E-state index contributed by atoms with van der Waals surface area (Å²) in [5, 5.41) is 0. The van der Waals surface area contributed by atoms with E-state index in [1.807, 2.05) is 12.1 Å². The Kier molecular flexibility index (Phi) is 13.5. The lowest BCUT2D eigenvalue weighted by molar-refractivity contribution is -0.0690. The Morgan fingerprint density at radius 2 is 0.764 bits per heavy atom. The summed E-state index contributed by atoms with van der Waals surface area (Å²) in [6.07, 6.45) is 4.04. The molecule has 0 aliphatic carbocycles. The Hall–Kier alpha value is -2.82. The number of hydrogen-bond acceptors (Lipinski definition) is 6. The zero-order chi connectivity index (χ0) is 39.4. The smallest absolute Gasteiger partial charge is 0.307 e. The van der Waals surface area contributed by atoms with Crippen LogP contribution in [0.3, 0.4) is 0 Å². The molecule has 4 aromatic carbocycles. The molecule has 1 spiro atoms. The summed E-state index contributed by atoms with van der Waals surface area (Å²) in [4.78, 5) is 0. The third-order valence-electron chi connectivity index (χ3n) is 10.6. The molecule has 0 aromatic heterocycles. The highest BCUT2D eigenvalue weighted by Gasteiger charge is 2.49. The first-order valence-corrected chi connectivity index (χ1v) is 23.8. The molecule has 0 N–H and O–H groups in total. The van der Waals surface area contributed by atoms with Crippen molar-refractivity contribution in [3.63, 3.8) is 0 Å². The van der Waals surface area contributed by atoms with E-state index in [4.69, 9.17) is 18.1 Å². The van der Waals surface area contributed by atoms with Crippen molar-refractivity contribution in [3.05, 3.63) is 118 Å². The van der Waals surface area contributed by atoms with Crippen molar-refractivity contribution in [1.82, 2.24) is 0 Å². The molecule has 2 aliphatic rings. The van der Waals surface area contributed by atoms with Gasteiger partial charge in [-0.15, -0.1) is 0 Å². The van der Waals surface area contributed by atoms with Crippen LogP contribution >= 0.6 is 15.2 Å². The zero-order valence-electron chi connectivity index (χ0n) is 34.3. The highest BCUT2D eigenvalue weighted by Crippen LogP contribution is 2.62. The number of rotatable bonds is 14. The molecule has 0 amide bonds. The number of hydrogen-bond donors (Lipinski definition) is 0. The molecule has 0 unspecified atom stereocenters. The van der Waals surface area contributed by atoms with E-state index in [0.29, 0.717) is 23.7 Å². The fraction of sp³-hybridized carbons (Fsp3) is 0.489. The van der Waals surface area contributed by atoms with Crippen LogP contribution in [0.15, 0.2) is 84.9 Å². The van der Waals surface area contributed by atoms with E-state index < -0.39 is 20.6 Å². The lowest BCUT2D eigenvalue weighted by Crippen LogP contribution is -2.45. The van der Waals surface area contributed by atoms with E-state index in [1.165, 1.54) is 44.5 Å². The van der Waals surface area contributed by atoms with E-state index in [2.05, 4.69) is 128 Å². The Morgan fingerprint density at radius 3 is 1.07 bits per heavy atom. The van der Waals surface area contributed by atoms with Crippen LogP contribution in [0.4, 0.5) is 0 Å². The van der Waals surface area contributed by atoms with Gasteiger partial charge in [-0.1, -0.05) is 140 Å². The highest BCUT2D eigenvalue weighted by atomic mass is 31.2. The Morgan fingerprint density at radius 1 is 0.455 bits per heavy atom. The minimum absolute atomic E-state index is 0.154. The summed E-state index contributed by atoms with van der Waals surface area (Å²) in [6, 6.07) is 29.8. The summed E-state index contributed by atoms with van der Waals surface area (Å²) in [6.45, 7) is 18.5. The van der Waals surface area contributed by atoms with E-state index in [0.717, 1.165) is 36.8 Å². The van der Waals surface area contributed by atoms with Crippen molar-refractivity contribution in [2.24, 2.45) is 29.1 Å². The maximum atomic E-state index is 14.3. The van der Waals surface area contributed by atoms with Crippen LogP contribution in [-0.4, -0.2) is 26.4 Å². The van der Waals surface area contributed by atoms with Gasteiger partial charge < -0.3 is 18.1 Å². The molecular weight excluding hydrogens is 722 g/mol. The van der Waals surface area contributed by atoms with Gasteiger partial charge in [0.15, 0.2) is 0 Å². The lowest BCUT2D eigenvalue weighted by Gasteiger charge is -2.43. The quantitative estimate of drug-likeness (QED) is 0.119. The maximum absolute atomic E-state index is 14.3. The SMILES string of the molecule is CC(C)Cc1ccc(CP2(=O)OCC3(CO2)COP(=O)(Cc2ccc(CC(C)C)c(-c4ccccc4)c2CC(C)C)OC3)c(CC(C)C)c1-c1ccccc1. The van der Waals surface area contributed by atoms with Crippen LogP contribution in [0.2, 0.25) is 0 Å². The molecule has 0 atom stereocenters. The minimum Gasteiger partial charge on any atom is -0.307 e. The molecule has 2 aliphatic heterocycles. The van der Waals surface area contributed by atoms with Crippen molar-refractivity contribution < 1.29 is 27.2 Å². The van der Waals surface area contributed by atoms with E-state index in [1.54, 1.807) is 0 Å². The molecule has 6 rings (SSSR count). The molecule has 0 radical (unpaired) electrons. The summed E-state index contributed by atoms with van der Waals surface area (Å²) in [7, 11) is -6.98. The topological polar surface area (TPSA) is 71.1 Å². The summed E-state index contributed by atoms with van der Waals surface area (Å²) >= 11 is 0. The Balaban J connectivity index is 1.19. The third-order valence-corrected chi connectivity index (χ3v) is 14.1. The molecule has 8 heteroatoms. The first-order valence-electron chi connectivity index (χ1n) is 20.3. The van der Waals surface area contributed by atoms with Crippen LogP contribution in [-0.2, 0) is 65.2 Å². The zero-order valence-corrected chi connectivity index (χ0v) is 36.1. The second-order valence-electron chi connectivity index (χ2n) is 17.7. The highest BCUT2D eigenvalue weighted by molar-refractivity contribution is 7.53. The molecule has 0 saturated carbocycles. The maximum Gasteiger partial charge on any atom is 0.335 e. The fourth-order valence-corrected chi connectivity index (χ4v) is 11.9. The third kappa shape index (κ3) is 10.4. The number of benzene rings is 4. The van der Waals surface area contributed by atoms with Gasteiger partial charge in [0.25, 0.3) is 0 Å². The van der Waals surface area contributed by atoms with E-state index in [-0.39, 0.29) is 38.8 Å². The van der Waals surface area contributed by atoms with Gasteiger partial charge in [-0.2, -0.15) is 0 Å². The van der Waals surface area contributed by atoms with Crippen LogP contribution in [0.5, 0.6) is 0 Å². The largest absolute Gasteiger partial charge is 0.335 e. The molecule has 296 valence electrons. The lowest BCUT2D eigenvalue weighted by atomic mass is 9.84. The Bertz CT molecular complexity index is 1830. The summed E-state index contributed by atoms with van der Waals surface area (Å²) in [5.74, 6) is 1.81. The van der Waals surface area contributed by atoms with Gasteiger partial charge in [0, 0.05) is 0 Å². The van der Waals surface area contributed by atoms with Crippen LogP contribution in [0, 0.1) is 29.1 Å². The molecule has 0 bridgehead atoms. The van der Waals surface area contributed by atoms with E-state index in [9.17, 15) is 9.13 Å². The molecule has 2 saturated heterocycles. The minimum atomic E-state index is -3.49. The van der Waals surface area contributed by atoms with Crippen molar-refractivity contribution in [2.75, 3.05) is 26.4 Å². The van der Waals surface area contributed by atoms with Crippen molar-refractivity contribution in [3.8, 4) is 22.3 Å². The molecule has 2 fully saturated rings. The monoisotopic (exact) mass is 784 g/mol. The summed E-state index contributed by atoms with van der Waals surface area (Å²) in [5.41, 5.74) is 11.2. The second kappa shape index (κ2) is 17.8. The first-order chi connectivity index (χ1) is 26.2. The standard InChI is InChI=1S/C47H62O6P2/c1-33(2)23-39-19-21-41(43(25-35(5)6)45(39)37-15-11-9-12-16-37)27-54(48)50-29-47(30-51-54)31-52-55(49,53-32-47)28-42-22-20-40(24-34(3)4)46(44(42)26-36(7)8)38-17-13-10-14-18-38/h9-22,33-36H,23-32H2,1-8H3. The average Bonchev–Trinajstić information content (AvgIpc) is 3.13. The van der Waals surface area contributed by atoms with Gasteiger partial charge in [0.2, 0.25) is 0 Å². The second-order valence-corrected chi connectivity index (χ2v) is 21.8. The molecule has 55 heavy (non-hydrogen) atoms. The normalized spacial score (nSPS) is 23.1. The van der Waals surface area contributed by atoms with Gasteiger partial charge in [0.1, 0.15) is 0 Å². The molecule has 6 nitrogen and oxygen atoms in total. The summed E-state index contributed by atoms with van der Waals surface area (Å²) < 4.78 is 53.5. The molecule has 4 aromatic rings. The molecule has 2 heterocycles. The van der Waals surface area contributed by atoms with Gasteiger partial charge in [-0.3, -0.25) is 9.13 Å². The van der Waals surface area contributed by atoms with Gasteiger partial charge in [-0.25, -0.2) is 0 Å². The predicted molar refractivity (Wildman–Crippen MR) is 227 cm³/mol. The van der Waals surface area contributed by atoms with Crippen LogP contribution in [0.1, 0.15) is 88.8 Å². The first kappa shape index (κ1) is 41.8. The average molecular weight is 785 g/mol. The van der Waals surface area contributed by atoms with Crippen LogP contribution in [0.25, 0.3) is 22.3 Å². The van der Waals surface area contributed by atoms with Gasteiger partial charge >= 0.3 is 15.2 Å². The predicted octanol–water partition coefficient (Wildman–Crippen LogP) is 13.0. The van der Waals surface area contributed by atoms with Crippen LogP contribution < -0.4 is 0 Å². The Labute approximate surface area is 330 Å². The van der Waals surface area contributed by atoms with Crippen molar-refractivity contribution in [1.29, 1.82) is 0 Å². The van der Waals surface area contributed by atoms with Gasteiger partial charge in [-0.05, 0) is 105 Å².